The fourth-order valence-electron chi connectivity index (χ4n) is 0.561. The summed E-state index contributed by atoms with van der Waals surface area (Å²) in [5.74, 6) is 0.968. The van der Waals surface area contributed by atoms with Gasteiger partial charge in [-0.25, -0.2) is 9.97 Å². The molecule has 3 N–H and O–H groups in total. The van der Waals surface area contributed by atoms with Crippen molar-refractivity contribution in [2.45, 2.75) is 6.92 Å². The van der Waals surface area contributed by atoms with Gasteiger partial charge in [0.05, 0.1) is 0 Å². The van der Waals surface area contributed by atoms with Gasteiger partial charge in [-0.2, -0.15) is 0 Å². The molecule has 0 aromatic carbocycles. The van der Waals surface area contributed by atoms with Crippen molar-refractivity contribution in [2.75, 3.05) is 0 Å². The van der Waals surface area contributed by atoms with Crippen molar-refractivity contribution in [3.05, 3.63) is 29.3 Å². The minimum Gasteiger partial charge on any atom is -0.349 e. The highest BCUT2D eigenvalue weighted by Gasteiger charge is 1.73. The summed E-state index contributed by atoms with van der Waals surface area (Å²) < 4.78 is 0.495. The molecule has 0 spiro atoms. The molecular weight excluding hydrogens is 174 g/mol. The zero-order valence-corrected chi connectivity index (χ0v) is 7.35. The van der Waals surface area contributed by atoms with Crippen molar-refractivity contribution in [3.8, 4) is 0 Å². The van der Waals surface area contributed by atoms with Gasteiger partial charge < -0.3 is 4.98 Å². The molecule has 0 atom stereocenters. The van der Waals surface area contributed by atoms with Gasteiger partial charge in [-0.05, 0) is 19.1 Å². The Morgan fingerprint density at radius 1 is 1.42 bits per heavy atom. The van der Waals surface area contributed by atoms with Crippen LogP contribution in [-0.4, -0.2) is 25.1 Å². The van der Waals surface area contributed by atoms with Gasteiger partial charge in [0, 0.05) is 12.4 Å². The van der Waals surface area contributed by atoms with E-state index in [1.54, 1.807) is 12.4 Å². The van der Waals surface area contributed by atoms with Crippen molar-refractivity contribution in [1.82, 2.24) is 25.1 Å². The summed E-state index contributed by atoms with van der Waals surface area (Å²) in [5, 5.41) is 5.17. The van der Waals surface area contributed by atoms with Gasteiger partial charge in [-0.15, -0.1) is 0 Å². The van der Waals surface area contributed by atoms with Crippen molar-refractivity contribution in [1.29, 1.82) is 0 Å². The fraction of sp³-hybridized carbons (Fsp3) is 0.167. The van der Waals surface area contributed by atoms with Crippen LogP contribution in [0.1, 0.15) is 5.82 Å². The summed E-state index contributed by atoms with van der Waals surface area (Å²) in [7, 11) is 0. The summed E-state index contributed by atoms with van der Waals surface area (Å²) >= 11 is 4.55. The Balaban J connectivity index is 0.000000120. The van der Waals surface area contributed by atoms with Crippen molar-refractivity contribution in [2.24, 2.45) is 0 Å². The van der Waals surface area contributed by atoms with E-state index in [4.69, 9.17) is 0 Å². The molecule has 0 unspecified atom stereocenters. The van der Waals surface area contributed by atoms with E-state index in [-0.39, 0.29) is 0 Å². The van der Waals surface area contributed by atoms with E-state index in [1.165, 1.54) is 6.33 Å². The molecular formula is C6H9N5S. The number of aromatic nitrogens is 5. The fourth-order valence-corrected chi connectivity index (χ4v) is 0.673. The number of hydrogen-bond donors (Lipinski definition) is 3. The molecule has 0 amide bonds. The first kappa shape index (κ1) is 8.66. The van der Waals surface area contributed by atoms with Crippen LogP contribution >= 0.6 is 12.2 Å². The second-order valence-corrected chi connectivity index (χ2v) is 2.39. The second kappa shape index (κ2) is 4.45. The molecule has 0 aliphatic heterocycles. The van der Waals surface area contributed by atoms with E-state index in [0.29, 0.717) is 4.77 Å². The quantitative estimate of drug-likeness (QED) is 0.537. The third-order valence-corrected chi connectivity index (χ3v) is 1.27. The Kier molecular flexibility index (Phi) is 3.21. The van der Waals surface area contributed by atoms with E-state index >= 15 is 0 Å². The van der Waals surface area contributed by atoms with Crippen molar-refractivity contribution < 1.29 is 0 Å². The topological polar surface area (TPSA) is 73.2 Å². The predicted molar refractivity (Wildman–Crippen MR) is 47.1 cm³/mol. The summed E-state index contributed by atoms with van der Waals surface area (Å²) in [6, 6.07) is 0. The summed E-state index contributed by atoms with van der Waals surface area (Å²) in [6.45, 7) is 1.92. The highest BCUT2D eigenvalue weighted by atomic mass is 32.1. The Morgan fingerprint density at radius 2 is 2.25 bits per heavy atom. The molecule has 0 aliphatic rings. The molecule has 0 saturated carbocycles. The zero-order valence-electron chi connectivity index (χ0n) is 6.53. The maximum Gasteiger partial charge on any atom is 0.213 e. The lowest BCUT2D eigenvalue weighted by Gasteiger charge is -1.68. The predicted octanol–water partition coefficient (Wildman–Crippen LogP) is 1.19. The van der Waals surface area contributed by atoms with Crippen molar-refractivity contribution >= 4 is 12.2 Å². The van der Waals surface area contributed by atoms with Crippen LogP contribution in [-0.2, 0) is 0 Å². The average Bonchev–Trinajstić information content (AvgIpc) is 2.63. The normalized spacial score (nSPS) is 8.75. The van der Waals surface area contributed by atoms with Crippen LogP contribution in [0, 0.1) is 11.7 Å². The third kappa shape index (κ3) is 3.11. The molecule has 2 aromatic rings. The Bertz CT molecular complexity index is 329. The van der Waals surface area contributed by atoms with Crippen LogP contribution in [0.25, 0.3) is 0 Å². The van der Waals surface area contributed by atoms with Crippen LogP contribution in [0.15, 0.2) is 18.7 Å². The number of aromatic amines is 3. The Labute approximate surface area is 74.3 Å². The molecule has 0 saturated heterocycles. The standard InChI is InChI=1S/C4H6N2.C2H3N3S/c1-4-5-2-3-6-4;6-2-3-1-4-5-2/h2-3H,1H3,(H,5,6);1H,(H2,3,4,5,6). The second-order valence-electron chi connectivity index (χ2n) is 2.01. The SMILES string of the molecule is Cc1ncc[nH]1.S=c1nc[nH][nH]1. The minimum absolute atomic E-state index is 0.495. The first-order valence-electron chi connectivity index (χ1n) is 3.33. The van der Waals surface area contributed by atoms with Crippen LogP contribution in [0.2, 0.25) is 0 Å². The summed E-state index contributed by atoms with van der Waals surface area (Å²) in [4.78, 5) is 10.4. The third-order valence-electron chi connectivity index (χ3n) is 1.06. The molecule has 5 nitrogen and oxygen atoms in total. The van der Waals surface area contributed by atoms with Gasteiger partial charge in [0.15, 0.2) is 0 Å². The molecule has 0 bridgehead atoms. The van der Waals surface area contributed by atoms with E-state index in [9.17, 15) is 0 Å². The van der Waals surface area contributed by atoms with E-state index in [2.05, 4.69) is 37.4 Å². The number of nitrogens with one attached hydrogen (secondary N) is 3. The molecule has 0 aliphatic carbocycles. The average molecular weight is 183 g/mol. The van der Waals surface area contributed by atoms with Gasteiger partial charge in [0.1, 0.15) is 12.2 Å². The molecule has 2 heterocycles. The molecule has 2 aromatic heterocycles. The molecule has 12 heavy (non-hydrogen) atoms. The molecule has 0 fully saturated rings. The van der Waals surface area contributed by atoms with Gasteiger partial charge in [-0.1, -0.05) is 0 Å². The monoisotopic (exact) mass is 183 g/mol. The molecule has 64 valence electrons. The number of nitrogens with zero attached hydrogens (tertiary/aromatic N) is 2. The highest BCUT2D eigenvalue weighted by Crippen LogP contribution is 1.78. The van der Waals surface area contributed by atoms with Crippen LogP contribution < -0.4 is 0 Å². The maximum absolute atomic E-state index is 4.55. The lowest BCUT2D eigenvalue weighted by molar-refractivity contribution is 1.08. The number of hydrogen-bond acceptors (Lipinski definition) is 3. The molecule has 6 heteroatoms. The lowest BCUT2D eigenvalue weighted by atomic mass is 10.8. The first-order chi connectivity index (χ1) is 5.79. The largest absolute Gasteiger partial charge is 0.349 e. The minimum atomic E-state index is 0.495. The Hall–Kier alpha value is -1.43. The van der Waals surface area contributed by atoms with Crippen LogP contribution in [0.3, 0.4) is 0 Å². The van der Waals surface area contributed by atoms with E-state index < -0.39 is 0 Å². The van der Waals surface area contributed by atoms with Crippen LogP contribution in [0.4, 0.5) is 0 Å². The Morgan fingerprint density at radius 3 is 2.42 bits per heavy atom. The molecule has 0 radical (unpaired) electrons. The number of imidazole rings is 1. The van der Waals surface area contributed by atoms with Gasteiger partial charge in [0.2, 0.25) is 4.77 Å². The first-order valence-corrected chi connectivity index (χ1v) is 3.74. The maximum atomic E-state index is 4.55. The van der Waals surface area contributed by atoms with Gasteiger partial charge in [-0.3, -0.25) is 10.2 Å². The number of rotatable bonds is 0. The smallest absolute Gasteiger partial charge is 0.213 e. The highest BCUT2D eigenvalue weighted by molar-refractivity contribution is 7.71. The van der Waals surface area contributed by atoms with Gasteiger partial charge in [0.25, 0.3) is 0 Å². The molecule has 2 rings (SSSR count). The van der Waals surface area contributed by atoms with Crippen LogP contribution in [0.5, 0.6) is 0 Å². The summed E-state index contributed by atoms with van der Waals surface area (Å²) in [5.41, 5.74) is 0. The number of H-pyrrole nitrogens is 3. The van der Waals surface area contributed by atoms with E-state index in [1.807, 2.05) is 6.92 Å². The number of aryl methyl sites for hydroxylation is 1. The zero-order chi connectivity index (χ0) is 8.81. The van der Waals surface area contributed by atoms with Crippen molar-refractivity contribution in [3.63, 3.8) is 0 Å². The van der Waals surface area contributed by atoms with E-state index in [0.717, 1.165) is 5.82 Å². The summed E-state index contributed by atoms with van der Waals surface area (Å²) in [6.07, 6.45) is 5.03. The lowest BCUT2D eigenvalue weighted by Crippen LogP contribution is -1.66. The van der Waals surface area contributed by atoms with Gasteiger partial charge >= 0.3 is 0 Å².